The highest BCUT2D eigenvalue weighted by molar-refractivity contribution is 6.34. The molecule has 0 aliphatic heterocycles. The lowest BCUT2D eigenvalue weighted by Gasteiger charge is -2.19. The van der Waals surface area contributed by atoms with Crippen LogP contribution in [0.2, 0.25) is 5.02 Å². The second-order valence-corrected chi connectivity index (χ2v) is 8.23. The number of aromatic nitrogens is 2. The third-order valence-corrected chi connectivity index (χ3v) is 4.97. The number of benzene rings is 2. The lowest BCUT2D eigenvalue weighted by atomic mass is 9.87. The molecule has 146 valence electrons. The number of halogens is 1. The lowest BCUT2D eigenvalue weighted by Crippen LogP contribution is -2.14. The van der Waals surface area contributed by atoms with Gasteiger partial charge in [0.25, 0.3) is 5.91 Å². The molecule has 0 saturated heterocycles. The quantitative estimate of drug-likeness (QED) is 0.447. The molecule has 1 amide bonds. The van der Waals surface area contributed by atoms with Gasteiger partial charge in [0, 0.05) is 17.3 Å². The molecule has 2 heterocycles. The molecule has 0 unspecified atom stereocenters. The van der Waals surface area contributed by atoms with E-state index in [1.807, 2.05) is 24.3 Å². The zero-order valence-electron chi connectivity index (χ0n) is 16.4. The molecule has 0 aliphatic carbocycles. The van der Waals surface area contributed by atoms with Gasteiger partial charge in [-0.1, -0.05) is 44.5 Å². The molecule has 2 aromatic carbocycles. The number of nitrogens with zero attached hydrogens (tertiary/aromatic N) is 2. The number of fused-ring (bicyclic) bond motifs is 1. The Kier molecular flexibility index (Phi) is 4.84. The van der Waals surface area contributed by atoms with Crippen LogP contribution in [0, 0.1) is 0 Å². The first kappa shape index (κ1) is 19.2. The maximum absolute atomic E-state index is 12.7. The topological polar surface area (TPSA) is 68.0 Å². The van der Waals surface area contributed by atoms with Crippen LogP contribution < -0.4 is 5.32 Å². The first-order chi connectivity index (χ1) is 13.8. The molecule has 6 heteroatoms. The average molecular weight is 406 g/mol. The normalized spacial score (nSPS) is 11.6. The van der Waals surface area contributed by atoms with Gasteiger partial charge in [-0.3, -0.25) is 4.79 Å². The summed E-state index contributed by atoms with van der Waals surface area (Å²) in [6.07, 6.45) is 1.66. The van der Waals surface area contributed by atoms with E-state index in [-0.39, 0.29) is 11.3 Å². The fourth-order valence-electron chi connectivity index (χ4n) is 2.96. The van der Waals surface area contributed by atoms with Gasteiger partial charge < -0.3 is 9.73 Å². The largest absolute Gasteiger partial charge is 0.434 e. The van der Waals surface area contributed by atoms with Crippen molar-refractivity contribution in [3.63, 3.8) is 0 Å². The van der Waals surface area contributed by atoms with Gasteiger partial charge in [0.1, 0.15) is 0 Å². The maximum atomic E-state index is 12.7. The maximum Gasteiger partial charge on any atom is 0.255 e. The Morgan fingerprint density at radius 1 is 1.07 bits per heavy atom. The van der Waals surface area contributed by atoms with Crippen LogP contribution in [0.1, 0.15) is 36.7 Å². The molecule has 0 fully saturated rings. The van der Waals surface area contributed by atoms with Gasteiger partial charge in [0.15, 0.2) is 11.2 Å². The summed E-state index contributed by atoms with van der Waals surface area (Å²) >= 11 is 6.30. The van der Waals surface area contributed by atoms with E-state index in [0.29, 0.717) is 39.0 Å². The number of hydrogen-bond donors (Lipinski definition) is 1. The van der Waals surface area contributed by atoms with E-state index in [4.69, 9.17) is 16.0 Å². The zero-order chi connectivity index (χ0) is 20.6. The van der Waals surface area contributed by atoms with Crippen LogP contribution in [0.5, 0.6) is 0 Å². The van der Waals surface area contributed by atoms with E-state index in [0.717, 1.165) is 0 Å². The number of hydrogen-bond acceptors (Lipinski definition) is 4. The van der Waals surface area contributed by atoms with Crippen molar-refractivity contribution in [3.8, 4) is 11.5 Å². The number of pyridine rings is 1. The zero-order valence-corrected chi connectivity index (χ0v) is 17.1. The second kappa shape index (κ2) is 7.33. The predicted molar refractivity (Wildman–Crippen MR) is 115 cm³/mol. The molecule has 2 aromatic heterocycles. The van der Waals surface area contributed by atoms with Crippen LogP contribution in [-0.4, -0.2) is 15.9 Å². The molecule has 5 nitrogen and oxygen atoms in total. The van der Waals surface area contributed by atoms with Crippen LogP contribution in [0.4, 0.5) is 5.69 Å². The molecule has 4 aromatic rings. The van der Waals surface area contributed by atoms with Crippen molar-refractivity contribution >= 4 is 34.4 Å². The van der Waals surface area contributed by atoms with Crippen molar-refractivity contribution < 1.29 is 9.21 Å². The summed E-state index contributed by atoms with van der Waals surface area (Å²) in [5, 5.41) is 3.31. The molecule has 0 bridgehead atoms. The van der Waals surface area contributed by atoms with Gasteiger partial charge in [-0.25, -0.2) is 4.98 Å². The monoisotopic (exact) mass is 405 g/mol. The minimum Gasteiger partial charge on any atom is -0.434 e. The van der Waals surface area contributed by atoms with Gasteiger partial charge in [-0.15, -0.1) is 0 Å². The summed E-state index contributed by atoms with van der Waals surface area (Å²) in [4.78, 5) is 21.3. The molecule has 0 saturated carbocycles. The summed E-state index contributed by atoms with van der Waals surface area (Å²) in [6.45, 7) is 6.40. The smallest absolute Gasteiger partial charge is 0.255 e. The standard InChI is InChI=1S/C23H20ClN3O2/c1-23(2,3)16-9-6-14(7-10-16)21(28)26-18-13-15(8-11-17(18)24)22-27-20-19(29-22)5-4-12-25-20/h4-13H,1-3H3,(H,26,28). The van der Waals surface area contributed by atoms with E-state index in [1.54, 1.807) is 36.5 Å². The highest BCUT2D eigenvalue weighted by atomic mass is 35.5. The highest BCUT2D eigenvalue weighted by Gasteiger charge is 2.16. The minimum absolute atomic E-state index is 0.0289. The molecule has 4 rings (SSSR count). The third kappa shape index (κ3) is 4.00. The number of carbonyl (C=O) groups excluding carboxylic acids is 1. The van der Waals surface area contributed by atoms with E-state index in [1.165, 1.54) is 5.56 Å². The Morgan fingerprint density at radius 2 is 1.83 bits per heavy atom. The number of rotatable bonds is 3. The summed E-state index contributed by atoms with van der Waals surface area (Å²) < 4.78 is 5.75. The highest BCUT2D eigenvalue weighted by Crippen LogP contribution is 2.30. The molecular formula is C23H20ClN3O2. The summed E-state index contributed by atoms with van der Waals surface area (Å²) in [5.41, 5.74) is 4.07. The molecule has 0 radical (unpaired) electrons. The van der Waals surface area contributed by atoms with Gasteiger partial charge in [0.05, 0.1) is 10.7 Å². The van der Waals surface area contributed by atoms with Gasteiger partial charge in [0.2, 0.25) is 5.89 Å². The molecule has 1 N–H and O–H groups in total. The van der Waals surface area contributed by atoms with E-state index >= 15 is 0 Å². The predicted octanol–water partition coefficient (Wildman–Crippen LogP) is 6.09. The van der Waals surface area contributed by atoms with Crippen LogP contribution in [-0.2, 0) is 5.41 Å². The first-order valence-corrected chi connectivity index (χ1v) is 9.62. The lowest BCUT2D eigenvalue weighted by molar-refractivity contribution is 0.102. The summed E-state index contributed by atoms with van der Waals surface area (Å²) in [7, 11) is 0. The SMILES string of the molecule is CC(C)(C)c1ccc(C(=O)Nc2cc(-c3nc4ncccc4o3)ccc2Cl)cc1. The number of oxazole rings is 1. The third-order valence-electron chi connectivity index (χ3n) is 4.64. The van der Waals surface area contributed by atoms with Crippen LogP contribution in [0.25, 0.3) is 22.7 Å². The number of carbonyl (C=O) groups is 1. The molecule has 0 atom stereocenters. The van der Waals surface area contributed by atoms with Gasteiger partial charge >= 0.3 is 0 Å². The number of nitrogens with one attached hydrogen (secondary N) is 1. The average Bonchev–Trinajstić information content (AvgIpc) is 3.13. The fraction of sp³-hybridized carbons (Fsp3) is 0.174. The molecular weight excluding hydrogens is 386 g/mol. The van der Waals surface area contributed by atoms with Gasteiger partial charge in [-0.05, 0) is 53.4 Å². The Balaban J connectivity index is 1.60. The second-order valence-electron chi connectivity index (χ2n) is 7.82. The van der Waals surface area contributed by atoms with Crippen LogP contribution >= 0.6 is 11.6 Å². The van der Waals surface area contributed by atoms with Crippen molar-refractivity contribution in [1.29, 1.82) is 0 Å². The number of anilines is 1. The van der Waals surface area contributed by atoms with Gasteiger partial charge in [-0.2, -0.15) is 4.98 Å². The van der Waals surface area contributed by atoms with E-state index in [9.17, 15) is 4.79 Å². The Labute approximate surface area is 173 Å². The minimum atomic E-state index is -0.233. The van der Waals surface area contributed by atoms with Crippen molar-refractivity contribution in [2.75, 3.05) is 5.32 Å². The molecule has 0 spiro atoms. The summed E-state index contributed by atoms with van der Waals surface area (Å²) in [6, 6.07) is 16.4. The van der Waals surface area contributed by atoms with Crippen molar-refractivity contribution in [1.82, 2.24) is 9.97 Å². The van der Waals surface area contributed by atoms with Crippen molar-refractivity contribution in [3.05, 3.63) is 76.9 Å². The van der Waals surface area contributed by atoms with E-state index < -0.39 is 0 Å². The summed E-state index contributed by atoms with van der Waals surface area (Å²) in [5.74, 6) is 0.184. The molecule has 29 heavy (non-hydrogen) atoms. The first-order valence-electron chi connectivity index (χ1n) is 9.25. The Bertz CT molecular complexity index is 1160. The Morgan fingerprint density at radius 3 is 2.52 bits per heavy atom. The van der Waals surface area contributed by atoms with E-state index in [2.05, 4.69) is 36.1 Å². The number of amides is 1. The molecule has 0 aliphatic rings. The fourth-order valence-corrected chi connectivity index (χ4v) is 3.13. The van der Waals surface area contributed by atoms with Crippen molar-refractivity contribution in [2.45, 2.75) is 26.2 Å². The van der Waals surface area contributed by atoms with Crippen molar-refractivity contribution in [2.24, 2.45) is 0 Å². The van der Waals surface area contributed by atoms with Crippen LogP contribution in [0.3, 0.4) is 0 Å². The van der Waals surface area contributed by atoms with Crippen LogP contribution in [0.15, 0.2) is 65.2 Å². The Hall–Kier alpha value is -3.18.